The van der Waals surface area contributed by atoms with Crippen molar-refractivity contribution in [1.29, 1.82) is 0 Å². The molecule has 1 aliphatic heterocycles. The average Bonchev–Trinajstić information content (AvgIpc) is 3.32. The Hall–Kier alpha value is -0.650. The van der Waals surface area contributed by atoms with Crippen LogP contribution in [0.1, 0.15) is 46.0 Å². The zero-order valence-electron chi connectivity index (χ0n) is 13.5. The zero-order chi connectivity index (χ0) is 15.0. The lowest BCUT2D eigenvalue weighted by Gasteiger charge is -2.41. The number of amides is 1. The van der Waals surface area contributed by atoms with Crippen LogP contribution < -0.4 is 11.1 Å². The van der Waals surface area contributed by atoms with E-state index >= 15 is 0 Å². The van der Waals surface area contributed by atoms with E-state index in [0.717, 1.165) is 25.6 Å². The SMILES string of the molecule is CC(CC(C)(NC1CC1)C(N)=O)N1CCN(C2CC2)CC1. The van der Waals surface area contributed by atoms with Crippen molar-refractivity contribution in [2.75, 3.05) is 26.2 Å². The van der Waals surface area contributed by atoms with Crippen molar-refractivity contribution >= 4 is 5.91 Å². The van der Waals surface area contributed by atoms with Gasteiger partial charge in [-0.15, -0.1) is 0 Å². The van der Waals surface area contributed by atoms with E-state index in [4.69, 9.17) is 5.73 Å². The van der Waals surface area contributed by atoms with E-state index < -0.39 is 5.54 Å². The maximum atomic E-state index is 11.9. The molecule has 0 spiro atoms. The van der Waals surface area contributed by atoms with Gasteiger partial charge in [0.15, 0.2) is 0 Å². The third-order valence-electron chi connectivity index (χ3n) is 5.38. The first-order chi connectivity index (χ1) is 9.98. The fourth-order valence-electron chi connectivity index (χ4n) is 3.61. The van der Waals surface area contributed by atoms with Crippen molar-refractivity contribution in [3.8, 4) is 0 Å². The van der Waals surface area contributed by atoms with Gasteiger partial charge >= 0.3 is 0 Å². The Morgan fingerprint density at radius 2 is 1.86 bits per heavy atom. The summed E-state index contributed by atoms with van der Waals surface area (Å²) in [6, 6.07) is 1.77. The lowest BCUT2D eigenvalue weighted by molar-refractivity contribution is -0.124. The van der Waals surface area contributed by atoms with E-state index in [0.29, 0.717) is 12.1 Å². The monoisotopic (exact) mass is 294 g/mol. The van der Waals surface area contributed by atoms with Crippen LogP contribution in [0, 0.1) is 0 Å². The second kappa shape index (κ2) is 5.86. The van der Waals surface area contributed by atoms with E-state index in [1.54, 1.807) is 0 Å². The standard InChI is InChI=1S/C16H30N4O/c1-12(11-16(2,15(17)21)18-13-3-4-13)19-7-9-20(10-8-19)14-5-6-14/h12-14,18H,3-11H2,1-2H3,(H2,17,21). The van der Waals surface area contributed by atoms with Gasteiger partial charge in [0, 0.05) is 44.3 Å². The molecule has 1 heterocycles. The molecule has 0 bridgehead atoms. The maximum Gasteiger partial charge on any atom is 0.237 e. The number of piperazine rings is 1. The molecule has 3 fully saturated rings. The quantitative estimate of drug-likeness (QED) is 0.719. The third kappa shape index (κ3) is 3.76. The minimum atomic E-state index is -0.561. The highest BCUT2D eigenvalue weighted by atomic mass is 16.1. The molecule has 2 saturated carbocycles. The smallest absolute Gasteiger partial charge is 0.237 e. The number of nitrogens with two attached hydrogens (primary N) is 1. The molecule has 0 aromatic rings. The molecular weight excluding hydrogens is 264 g/mol. The molecule has 3 rings (SSSR count). The van der Waals surface area contributed by atoms with Gasteiger partial charge in [0.25, 0.3) is 0 Å². The van der Waals surface area contributed by atoms with E-state index in [1.807, 2.05) is 6.92 Å². The molecule has 2 unspecified atom stereocenters. The lowest BCUT2D eigenvalue weighted by atomic mass is 9.91. The van der Waals surface area contributed by atoms with E-state index in [-0.39, 0.29) is 5.91 Å². The number of rotatable bonds is 7. The second-order valence-electron chi connectivity index (χ2n) is 7.47. The number of primary amides is 1. The topological polar surface area (TPSA) is 61.6 Å². The number of nitrogens with zero attached hydrogens (tertiary/aromatic N) is 2. The summed E-state index contributed by atoms with van der Waals surface area (Å²) < 4.78 is 0. The Labute approximate surface area is 128 Å². The van der Waals surface area contributed by atoms with Crippen molar-refractivity contribution in [1.82, 2.24) is 15.1 Å². The molecule has 5 heteroatoms. The Morgan fingerprint density at radius 3 is 2.33 bits per heavy atom. The molecular formula is C16H30N4O. The minimum absolute atomic E-state index is 0.210. The van der Waals surface area contributed by atoms with E-state index in [2.05, 4.69) is 22.0 Å². The molecule has 21 heavy (non-hydrogen) atoms. The summed E-state index contributed by atoms with van der Waals surface area (Å²) in [5, 5.41) is 3.46. The molecule has 120 valence electrons. The molecule has 3 aliphatic rings. The largest absolute Gasteiger partial charge is 0.368 e. The van der Waals surface area contributed by atoms with Crippen LogP contribution in [-0.4, -0.2) is 65.6 Å². The van der Waals surface area contributed by atoms with Gasteiger partial charge in [0.2, 0.25) is 5.91 Å². The molecule has 5 nitrogen and oxygen atoms in total. The third-order valence-corrected chi connectivity index (χ3v) is 5.38. The number of hydrogen-bond donors (Lipinski definition) is 2. The van der Waals surface area contributed by atoms with Gasteiger partial charge in [-0.25, -0.2) is 0 Å². The van der Waals surface area contributed by atoms with Gasteiger partial charge in [-0.3, -0.25) is 14.6 Å². The van der Waals surface area contributed by atoms with Crippen LogP contribution in [-0.2, 0) is 4.79 Å². The fourth-order valence-corrected chi connectivity index (χ4v) is 3.61. The van der Waals surface area contributed by atoms with Crippen molar-refractivity contribution in [2.45, 2.75) is 69.6 Å². The minimum Gasteiger partial charge on any atom is -0.368 e. The second-order valence-corrected chi connectivity index (χ2v) is 7.47. The van der Waals surface area contributed by atoms with Crippen LogP contribution in [0.4, 0.5) is 0 Å². The van der Waals surface area contributed by atoms with Crippen molar-refractivity contribution in [3.05, 3.63) is 0 Å². The Balaban J connectivity index is 1.51. The fraction of sp³-hybridized carbons (Fsp3) is 0.938. The number of hydrogen-bond acceptors (Lipinski definition) is 4. The molecule has 2 aliphatic carbocycles. The zero-order valence-corrected chi connectivity index (χ0v) is 13.5. The van der Waals surface area contributed by atoms with Crippen LogP contribution in [0.25, 0.3) is 0 Å². The van der Waals surface area contributed by atoms with Crippen LogP contribution >= 0.6 is 0 Å². The van der Waals surface area contributed by atoms with Gasteiger partial charge in [0.1, 0.15) is 0 Å². The summed E-state index contributed by atoms with van der Waals surface area (Å²) in [5.41, 5.74) is 5.11. The Kier molecular flexibility index (Phi) is 4.26. The molecule has 0 aromatic carbocycles. The predicted molar refractivity (Wildman–Crippen MR) is 84.0 cm³/mol. The highest BCUT2D eigenvalue weighted by molar-refractivity contribution is 5.84. The highest BCUT2D eigenvalue weighted by Gasteiger charge is 2.40. The molecule has 0 aromatic heterocycles. The first-order valence-electron chi connectivity index (χ1n) is 8.53. The number of carbonyl (C=O) groups excluding carboxylic acids is 1. The van der Waals surface area contributed by atoms with Crippen molar-refractivity contribution in [3.63, 3.8) is 0 Å². The van der Waals surface area contributed by atoms with E-state index in [1.165, 1.54) is 38.8 Å². The predicted octanol–water partition coefficient (Wildman–Crippen LogP) is 0.541. The number of carbonyl (C=O) groups is 1. The van der Waals surface area contributed by atoms with Crippen LogP contribution in [0.3, 0.4) is 0 Å². The highest BCUT2D eigenvalue weighted by Crippen LogP contribution is 2.29. The molecule has 3 N–H and O–H groups in total. The Bertz CT molecular complexity index is 386. The van der Waals surface area contributed by atoms with E-state index in [9.17, 15) is 4.79 Å². The number of nitrogens with one attached hydrogen (secondary N) is 1. The van der Waals surface area contributed by atoms with Gasteiger partial charge in [-0.2, -0.15) is 0 Å². The lowest BCUT2D eigenvalue weighted by Crippen LogP contribution is -2.58. The summed E-state index contributed by atoms with van der Waals surface area (Å²) in [5.74, 6) is -0.210. The normalized spacial score (nSPS) is 29.0. The molecule has 1 saturated heterocycles. The molecule has 1 amide bonds. The summed E-state index contributed by atoms with van der Waals surface area (Å²) in [4.78, 5) is 17.0. The summed E-state index contributed by atoms with van der Waals surface area (Å²) in [6.07, 6.45) is 5.94. The van der Waals surface area contributed by atoms with Gasteiger partial charge in [-0.1, -0.05) is 0 Å². The summed E-state index contributed by atoms with van der Waals surface area (Å²) in [6.45, 7) is 8.82. The van der Waals surface area contributed by atoms with Crippen molar-refractivity contribution in [2.24, 2.45) is 5.73 Å². The molecule has 0 radical (unpaired) electrons. The Morgan fingerprint density at radius 1 is 1.24 bits per heavy atom. The summed E-state index contributed by atoms with van der Waals surface area (Å²) in [7, 11) is 0. The van der Waals surface area contributed by atoms with Crippen LogP contribution in [0.2, 0.25) is 0 Å². The maximum absolute atomic E-state index is 11.9. The average molecular weight is 294 g/mol. The van der Waals surface area contributed by atoms with Gasteiger partial charge < -0.3 is 11.1 Å². The van der Waals surface area contributed by atoms with Crippen molar-refractivity contribution < 1.29 is 4.79 Å². The molecule has 2 atom stereocenters. The first-order valence-corrected chi connectivity index (χ1v) is 8.53. The first kappa shape index (κ1) is 15.3. The van der Waals surface area contributed by atoms with Crippen LogP contribution in [0.15, 0.2) is 0 Å². The van der Waals surface area contributed by atoms with Crippen LogP contribution in [0.5, 0.6) is 0 Å². The van der Waals surface area contributed by atoms with Gasteiger partial charge in [-0.05, 0) is 46.0 Å². The summed E-state index contributed by atoms with van der Waals surface area (Å²) >= 11 is 0. The van der Waals surface area contributed by atoms with Gasteiger partial charge in [0.05, 0.1) is 5.54 Å².